The molecule has 0 fully saturated rings. The normalized spacial score (nSPS) is 10.4. The van der Waals surface area contributed by atoms with Crippen LogP contribution < -0.4 is 5.32 Å². The summed E-state index contributed by atoms with van der Waals surface area (Å²) in [5, 5.41) is 2.81. The molecule has 1 aromatic carbocycles. The number of carbonyl (C=O) groups excluding carboxylic acids is 1. The maximum Gasteiger partial charge on any atom is 0.360 e. The molecule has 7 heteroatoms. The van der Waals surface area contributed by atoms with Gasteiger partial charge in [-0.2, -0.15) is 4.98 Å². The molecule has 0 bridgehead atoms. The molecule has 0 unspecified atom stereocenters. The summed E-state index contributed by atoms with van der Waals surface area (Å²) in [4.78, 5) is 15.4. The molecule has 1 heterocycles. The van der Waals surface area contributed by atoms with E-state index < -0.39 is 11.8 Å². The van der Waals surface area contributed by atoms with Gasteiger partial charge in [-0.1, -0.05) is 0 Å². The smallest absolute Gasteiger partial charge is 0.360 e. The summed E-state index contributed by atoms with van der Waals surface area (Å²) < 4.78 is 23.8. The van der Waals surface area contributed by atoms with Crippen molar-refractivity contribution in [3.63, 3.8) is 0 Å². The Hall–Kier alpha value is -1.89. The number of oxazole rings is 1. The Balaban J connectivity index is 2.19. The second-order valence-corrected chi connectivity index (χ2v) is 4.82. The molecule has 2 rings (SSSR count). The lowest BCUT2D eigenvalue weighted by Gasteiger charge is -2.07. The Bertz CT molecular complexity index is 643. The molecule has 0 saturated heterocycles. The van der Waals surface area contributed by atoms with Crippen molar-refractivity contribution >= 4 is 33.6 Å². The van der Waals surface area contributed by atoms with Crippen molar-refractivity contribution in [3.8, 4) is 0 Å². The van der Waals surface area contributed by atoms with Crippen LogP contribution in [0.5, 0.6) is 0 Å². The number of hydrogen-bond acceptors (Lipinski definition) is 5. The van der Waals surface area contributed by atoms with Gasteiger partial charge < -0.3 is 14.5 Å². The fourth-order valence-electron chi connectivity index (χ4n) is 1.53. The maximum absolute atomic E-state index is 13.5. The van der Waals surface area contributed by atoms with Crippen molar-refractivity contribution in [1.29, 1.82) is 0 Å². The number of ether oxygens (including phenoxy) is 1. The first-order valence-electron chi connectivity index (χ1n) is 5.86. The van der Waals surface area contributed by atoms with E-state index >= 15 is 0 Å². The van der Waals surface area contributed by atoms with E-state index in [1.807, 2.05) is 6.92 Å². The number of hydrogen-bond donors (Lipinski definition) is 1. The Morgan fingerprint density at radius 3 is 3.00 bits per heavy atom. The Morgan fingerprint density at radius 1 is 1.55 bits per heavy atom. The zero-order valence-corrected chi connectivity index (χ0v) is 12.5. The number of anilines is 2. The van der Waals surface area contributed by atoms with Gasteiger partial charge in [0.1, 0.15) is 12.1 Å². The largest absolute Gasteiger partial charge is 0.461 e. The summed E-state index contributed by atoms with van der Waals surface area (Å²) in [7, 11) is 0. The molecule has 1 N–H and O–H groups in total. The summed E-state index contributed by atoms with van der Waals surface area (Å²) in [6, 6.07) is 3.04. The lowest BCUT2D eigenvalue weighted by Crippen LogP contribution is -2.05. The third-order valence-corrected chi connectivity index (χ3v) is 3.11. The van der Waals surface area contributed by atoms with Crippen LogP contribution in [0.1, 0.15) is 23.0 Å². The number of esters is 1. The van der Waals surface area contributed by atoms with Crippen molar-refractivity contribution in [3.05, 3.63) is 39.9 Å². The molecule has 0 aliphatic carbocycles. The molecular formula is C13H12BrFN2O3. The van der Waals surface area contributed by atoms with Crippen LogP contribution in [-0.4, -0.2) is 17.6 Å². The molecular weight excluding hydrogens is 331 g/mol. The fraction of sp³-hybridized carbons (Fsp3) is 0.231. The highest BCUT2D eigenvalue weighted by Gasteiger charge is 2.14. The molecule has 0 aliphatic rings. The SMILES string of the molecule is CCOC(=O)c1coc(Nc2cc(F)c(Br)cc2C)n1. The molecule has 0 radical (unpaired) electrons. The highest BCUT2D eigenvalue weighted by Crippen LogP contribution is 2.26. The molecule has 0 spiro atoms. The van der Waals surface area contributed by atoms with Gasteiger partial charge in [0.15, 0.2) is 5.69 Å². The molecule has 0 aliphatic heterocycles. The summed E-state index contributed by atoms with van der Waals surface area (Å²) >= 11 is 3.10. The molecule has 1 aromatic heterocycles. The van der Waals surface area contributed by atoms with Crippen molar-refractivity contribution in [2.75, 3.05) is 11.9 Å². The first-order valence-corrected chi connectivity index (χ1v) is 6.66. The van der Waals surface area contributed by atoms with E-state index in [9.17, 15) is 9.18 Å². The summed E-state index contributed by atoms with van der Waals surface area (Å²) in [5.41, 5.74) is 1.36. The first kappa shape index (κ1) is 14.5. The van der Waals surface area contributed by atoms with Gasteiger partial charge in [0.05, 0.1) is 11.1 Å². The number of aryl methyl sites for hydroxylation is 1. The lowest BCUT2D eigenvalue weighted by atomic mass is 10.2. The maximum atomic E-state index is 13.5. The topological polar surface area (TPSA) is 64.4 Å². The number of nitrogens with one attached hydrogen (secondary N) is 1. The third kappa shape index (κ3) is 3.16. The number of benzene rings is 1. The average molecular weight is 343 g/mol. The van der Waals surface area contributed by atoms with E-state index in [-0.39, 0.29) is 18.3 Å². The molecule has 20 heavy (non-hydrogen) atoms. The van der Waals surface area contributed by atoms with E-state index in [1.54, 1.807) is 13.0 Å². The first-order chi connectivity index (χ1) is 9.51. The molecule has 0 saturated carbocycles. The Morgan fingerprint density at radius 2 is 2.30 bits per heavy atom. The van der Waals surface area contributed by atoms with Crippen LogP contribution in [0.3, 0.4) is 0 Å². The third-order valence-electron chi connectivity index (χ3n) is 2.50. The minimum Gasteiger partial charge on any atom is -0.461 e. The molecule has 0 amide bonds. The summed E-state index contributed by atoms with van der Waals surface area (Å²) in [5.74, 6) is -0.974. The van der Waals surface area contributed by atoms with E-state index in [0.717, 1.165) is 5.56 Å². The van der Waals surface area contributed by atoms with Crippen LogP contribution in [0.2, 0.25) is 0 Å². The standard InChI is InChI=1S/C13H12BrFN2O3/c1-3-19-12(18)11-6-20-13(17-11)16-10-5-9(15)8(14)4-7(10)2/h4-6H,3H2,1-2H3,(H,16,17). The summed E-state index contributed by atoms with van der Waals surface area (Å²) in [6.45, 7) is 3.76. The monoisotopic (exact) mass is 342 g/mol. The highest BCUT2D eigenvalue weighted by atomic mass is 79.9. The number of nitrogens with zero attached hydrogens (tertiary/aromatic N) is 1. The lowest BCUT2D eigenvalue weighted by molar-refractivity contribution is 0.0519. The second kappa shape index (κ2) is 6.04. The molecule has 2 aromatic rings. The predicted octanol–water partition coefficient (Wildman–Crippen LogP) is 3.80. The van der Waals surface area contributed by atoms with Crippen molar-refractivity contribution in [2.45, 2.75) is 13.8 Å². The van der Waals surface area contributed by atoms with Gasteiger partial charge in [-0.05, 0) is 47.5 Å². The van der Waals surface area contributed by atoms with Crippen LogP contribution in [0, 0.1) is 12.7 Å². The zero-order valence-electron chi connectivity index (χ0n) is 10.9. The zero-order chi connectivity index (χ0) is 14.7. The van der Waals surface area contributed by atoms with Crippen LogP contribution >= 0.6 is 15.9 Å². The van der Waals surface area contributed by atoms with Crippen molar-refractivity contribution in [2.24, 2.45) is 0 Å². The van der Waals surface area contributed by atoms with Gasteiger partial charge in [-0.3, -0.25) is 0 Å². The van der Waals surface area contributed by atoms with E-state index in [2.05, 4.69) is 26.2 Å². The highest BCUT2D eigenvalue weighted by molar-refractivity contribution is 9.10. The van der Waals surface area contributed by atoms with Crippen molar-refractivity contribution < 1.29 is 18.3 Å². The predicted molar refractivity (Wildman–Crippen MR) is 74.6 cm³/mol. The summed E-state index contributed by atoms with van der Waals surface area (Å²) in [6.07, 6.45) is 1.19. The van der Waals surface area contributed by atoms with Gasteiger partial charge in [0.2, 0.25) is 0 Å². The number of carbonyl (C=O) groups is 1. The van der Waals surface area contributed by atoms with Crippen LogP contribution in [0.25, 0.3) is 0 Å². The molecule has 5 nitrogen and oxygen atoms in total. The minimum absolute atomic E-state index is 0.0598. The van der Waals surface area contributed by atoms with Gasteiger partial charge in [-0.25, -0.2) is 9.18 Å². The molecule has 106 valence electrons. The van der Waals surface area contributed by atoms with E-state index in [1.165, 1.54) is 12.3 Å². The van der Waals surface area contributed by atoms with Crippen LogP contribution in [0.15, 0.2) is 27.3 Å². The Labute approximate surface area is 123 Å². The van der Waals surface area contributed by atoms with Crippen LogP contribution in [0.4, 0.5) is 16.1 Å². The quantitative estimate of drug-likeness (QED) is 0.856. The number of aromatic nitrogens is 1. The van der Waals surface area contributed by atoms with Gasteiger partial charge >= 0.3 is 5.97 Å². The van der Waals surface area contributed by atoms with Gasteiger partial charge in [-0.15, -0.1) is 0 Å². The number of halogens is 2. The van der Waals surface area contributed by atoms with Gasteiger partial charge in [0.25, 0.3) is 6.01 Å². The van der Waals surface area contributed by atoms with Crippen LogP contribution in [-0.2, 0) is 4.74 Å². The number of rotatable bonds is 4. The van der Waals surface area contributed by atoms with Crippen molar-refractivity contribution in [1.82, 2.24) is 4.98 Å². The second-order valence-electron chi connectivity index (χ2n) is 3.96. The van der Waals surface area contributed by atoms with E-state index in [0.29, 0.717) is 10.2 Å². The molecule has 0 atom stereocenters. The fourth-order valence-corrected chi connectivity index (χ4v) is 1.98. The van der Waals surface area contributed by atoms with Gasteiger partial charge in [0, 0.05) is 5.69 Å². The van der Waals surface area contributed by atoms with E-state index in [4.69, 9.17) is 9.15 Å². The minimum atomic E-state index is -0.567. The Kier molecular flexibility index (Phi) is 4.39. The average Bonchev–Trinajstić information content (AvgIpc) is 2.85.